The summed E-state index contributed by atoms with van der Waals surface area (Å²) in [5.74, 6) is -1.62. The van der Waals surface area contributed by atoms with E-state index in [4.69, 9.17) is 9.47 Å². The summed E-state index contributed by atoms with van der Waals surface area (Å²) in [6.45, 7) is 6.91. The highest BCUT2D eigenvalue weighted by atomic mass is 16.6. The van der Waals surface area contributed by atoms with Crippen LogP contribution in [-0.2, 0) is 19.1 Å². The van der Waals surface area contributed by atoms with Crippen LogP contribution in [0.25, 0.3) is 11.1 Å². The van der Waals surface area contributed by atoms with E-state index in [-0.39, 0.29) is 43.3 Å². The monoisotopic (exact) mass is 551 g/mol. The standard InChI is InChI=1S/C30H37N3O7/c1-30(2,3)40-29(38)33-15-14-19(17-33)16-31-26(34)13-12-25(27(35)36)32-28(37)39-18-24-22-10-6-4-8-20(22)21-9-5-7-11-23(21)24/h4-11,19,24-25H,12-18H2,1-3H3,(H,31,34)(H,32,37)(H,35,36)/t19-,25+/m1/s1. The number of carboxylic acid groups (broad SMARTS) is 1. The van der Waals surface area contributed by atoms with Crippen LogP contribution in [0.15, 0.2) is 48.5 Å². The number of hydrogen-bond acceptors (Lipinski definition) is 6. The number of carboxylic acids is 1. The number of carbonyl (C=O) groups is 4. The van der Waals surface area contributed by atoms with E-state index in [1.165, 1.54) is 0 Å². The van der Waals surface area contributed by atoms with E-state index >= 15 is 0 Å². The fourth-order valence-electron chi connectivity index (χ4n) is 5.15. The van der Waals surface area contributed by atoms with Crippen LogP contribution >= 0.6 is 0 Å². The Hall–Kier alpha value is -4.08. The fourth-order valence-corrected chi connectivity index (χ4v) is 5.15. The Morgan fingerprint density at radius 1 is 1.02 bits per heavy atom. The molecule has 4 rings (SSSR count). The number of amides is 3. The third-order valence-electron chi connectivity index (χ3n) is 7.12. The molecule has 2 aliphatic rings. The highest BCUT2D eigenvalue weighted by Gasteiger charge is 2.31. The molecule has 40 heavy (non-hydrogen) atoms. The Bertz CT molecular complexity index is 1210. The van der Waals surface area contributed by atoms with Crippen molar-refractivity contribution in [1.82, 2.24) is 15.5 Å². The summed E-state index contributed by atoms with van der Waals surface area (Å²) < 4.78 is 10.8. The molecule has 1 saturated heterocycles. The summed E-state index contributed by atoms with van der Waals surface area (Å²) in [4.78, 5) is 50.5. The van der Waals surface area contributed by atoms with Gasteiger partial charge in [0.2, 0.25) is 5.91 Å². The Morgan fingerprint density at radius 3 is 2.25 bits per heavy atom. The largest absolute Gasteiger partial charge is 0.480 e. The molecule has 2 atom stereocenters. The van der Waals surface area contributed by atoms with Crippen LogP contribution in [0.4, 0.5) is 9.59 Å². The van der Waals surface area contributed by atoms with Crippen molar-refractivity contribution >= 4 is 24.1 Å². The van der Waals surface area contributed by atoms with Crippen molar-refractivity contribution in [2.45, 2.75) is 57.6 Å². The number of fused-ring (bicyclic) bond motifs is 3. The van der Waals surface area contributed by atoms with Crippen molar-refractivity contribution < 1.29 is 33.8 Å². The molecule has 0 radical (unpaired) electrons. The molecule has 10 heteroatoms. The van der Waals surface area contributed by atoms with E-state index in [9.17, 15) is 24.3 Å². The SMILES string of the molecule is CC(C)(C)OC(=O)N1CC[C@H](CNC(=O)CC[C@H](NC(=O)OCC2c3ccccc3-c3ccccc32)C(=O)O)C1. The van der Waals surface area contributed by atoms with Crippen LogP contribution in [-0.4, -0.2) is 72.0 Å². The molecular formula is C30H37N3O7. The molecule has 0 bridgehead atoms. The molecule has 3 N–H and O–H groups in total. The van der Waals surface area contributed by atoms with Crippen LogP contribution in [0.1, 0.15) is 57.1 Å². The quantitative estimate of drug-likeness (QED) is 0.427. The lowest BCUT2D eigenvalue weighted by Gasteiger charge is -2.24. The second kappa shape index (κ2) is 12.4. The molecule has 1 aliphatic carbocycles. The smallest absolute Gasteiger partial charge is 0.410 e. The summed E-state index contributed by atoms with van der Waals surface area (Å²) in [7, 11) is 0. The van der Waals surface area contributed by atoms with Gasteiger partial charge in [-0.2, -0.15) is 0 Å². The predicted molar refractivity (Wildman–Crippen MR) is 148 cm³/mol. The minimum absolute atomic E-state index is 0.0639. The van der Waals surface area contributed by atoms with Crippen LogP contribution in [0.5, 0.6) is 0 Å². The molecule has 1 heterocycles. The topological polar surface area (TPSA) is 134 Å². The lowest BCUT2D eigenvalue weighted by Crippen LogP contribution is -2.42. The molecule has 0 saturated carbocycles. The minimum atomic E-state index is -1.27. The molecule has 0 unspecified atom stereocenters. The first-order valence-electron chi connectivity index (χ1n) is 13.6. The van der Waals surface area contributed by atoms with Gasteiger partial charge in [0.25, 0.3) is 0 Å². The van der Waals surface area contributed by atoms with Gasteiger partial charge >= 0.3 is 18.2 Å². The number of alkyl carbamates (subject to hydrolysis) is 1. The Labute approximate surface area is 234 Å². The molecule has 1 aliphatic heterocycles. The van der Waals surface area contributed by atoms with E-state index < -0.39 is 23.7 Å². The number of ether oxygens (including phenoxy) is 2. The maximum absolute atomic E-state index is 12.5. The van der Waals surface area contributed by atoms with Gasteiger partial charge in [0.15, 0.2) is 0 Å². The van der Waals surface area contributed by atoms with Gasteiger partial charge in [-0.3, -0.25) is 4.79 Å². The van der Waals surface area contributed by atoms with Crippen molar-refractivity contribution in [2.75, 3.05) is 26.2 Å². The van der Waals surface area contributed by atoms with Crippen LogP contribution < -0.4 is 10.6 Å². The van der Waals surface area contributed by atoms with Gasteiger partial charge in [0.1, 0.15) is 18.2 Å². The average molecular weight is 552 g/mol. The van der Waals surface area contributed by atoms with Crippen LogP contribution in [0, 0.1) is 5.92 Å². The van der Waals surface area contributed by atoms with Crippen molar-refractivity contribution in [2.24, 2.45) is 5.92 Å². The zero-order valence-corrected chi connectivity index (χ0v) is 23.1. The number of aliphatic carboxylic acids is 1. The molecule has 0 spiro atoms. The second-order valence-electron chi connectivity index (χ2n) is 11.3. The predicted octanol–water partition coefficient (Wildman–Crippen LogP) is 4.13. The first-order chi connectivity index (χ1) is 19.0. The summed E-state index contributed by atoms with van der Waals surface area (Å²) in [6, 6.07) is 14.6. The summed E-state index contributed by atoms with van der Waals surface area (Å²) in [6.07, 6.45) is -0.642. The number of benzene rings is 2. The molecule has 10 nitrogen and oxygen atoms in total. The lowest BCUT2D eigenvalue weighted by molar-refractivity contribution is -0.139. The number of rotatable bonds is 9. The number of hydrogen-bond donors (Lipinski definition) is 3. The normalized spacial score (nSPS) is 17.0. The molecule has 2 aromatic carbocycles. The Balaban J connectivity index is 1.21. The molecule has 0 aromatic heterocycles. The number of likely N-dealkylation sites (tertiary alicyclic amines) is 1. The van der Waals surface area contributed by atoms with Gasteiger partial charge < -0.3 is 30.1 Å². The number of carbonyl (C=O) groups excluding carboxylic acids is 3. The third-order valence-corrected chi connectivity index (χ3v) is 7.12. The Kier molecular flexibility index (Phi) is 8.96. The summed E-state index contributed by atoms with van der Waals surface area (Å²) >= 11 is 0. The van der Waals surface area contributed by atoms with Crippen molar-refractivity contribution in [3.63, 3.8) is 0 Å². The van der Waals surface area contributed by atoms with E-state index in [2.05, 4.69) is 10.6 Å². The third kappa shape index (κ3) is 7.31. The molecule has 214 valence electrons. The van der Waals surface area contributed by atoms with E-state index in [0.29, 0.717) is 19.6 Å². The molecule has 1 fully saturated rings. The molecular weight excluding hydrogens is 514 g/mol. The highest BCUT2D eigenvalue weighted by Crippen LogP contribution is 2.44. The summed E-state index contributed by atoms with van der Waals surface area (Å²) in [5, 5.41) is 14.8. The Morgan fingerprint density at radius 2 is 1.65 bits per heavy atom. The van der Waals surface area contributed by atoms with Crippen LogP contribution in [0.2, 0.25) is 0 Å². The number of nitrogens with one attached hydrogen (secondary N) is 2. The zero-order valence-electron chi connectivity index (χ0n) is 23.1. The van der Waals surface area contributed by atoms with Crippen molar-refractivity contribution in [3.05, 3.63) is 59.7 Å². The first kappa shape index (κ1) is 28.9. The number of nitrogens with zero attached hydrogens (tertiary/aromatic N) is 1. The fraction of sp³-hybridized carbons (Fsp3) is 0.467. The maximum Gasteiger partial charge on any atom is 0.410 e. The van der Waals surface area contributed by atoms with Gasteiger partial charge in [-0.25, -0.2) is 14.4 Å². The van der Waals surface area contributed by atoms with E-state index in [1.807, 2.05) is 69.3 Å². The first-order valence-corrected chi connectivity index (χ1v) is 13.6. The van der Waals surface area contributed by atoms with Gasteiger partial charge in [-0.1, -0.05) is 48.5 Å². The second-order valence-corrected chi connectivity index (χ2v) is 11.3. The zero-order chi connectivity index (χ0) is 28.9. The average Bonchev–Trinajstić information content (AvgIpc) is 3.51. The molecule has 3 amide bonds. The highest BCUT2D eigenvalue weighted by molar-refractivity contribution is 5.82. The van der Waals surface area contributed by atoms with Gasteiger partial charge in [0, 0.05) is 32.0 Å². The minimum Gasteiger partial charge on any atom is -0.480 e. The van der Waals surface area contributed by atoms with E-state index in [0.717, 1.165) is 28.7 Å². The van der Waals surface area contributed by atoms with E-state index in [1.54, 1.807) is 4.90 Å². The maximum atomic E-state index is 12.5. The molecule has 2 aromatic rings. The van der Waals surface area contributed by atoms with Crippen molar-refractivity contribution in [1.29, 1.82) is 0 Å². The summed E-state index contributed by atoms with van der Waals surface area (Å²) in [5.41, 5.74) is 3.73. The van der Waals surface area contributed by atoms with Crippen LogP contribution in [0.3, 0.4) is 0 Å². The van der Waals surface area contributed by atoms with Crippen molar-refractivity contribution in [3.8, 4) is 11.1 Å². The lowest BCUT2D eigenvalue weighted by atomic mass is 9.98. The van der Waals surface area contributed by atoms with Gasteiger partial charge in [-0.05, 0) is 61.8 Å². The van der Waals surface area contributed by atoms with Gasteiger partial charge in [0.05, 0.1) is 0 Å². The van der Waals surface area contributed by atoms with Gasteiger partial charge in [-0.15, -0.1) is 0 Å².